The fourth-order valence-corrected chi connectivity index (χ4v) is 4.98. The molecule has 2 unspecified atom stereocenters. The second-order valence-electron chi connectivity index (χ2n) is 8.37. The lowest BCUT2D eigenvalue weighted by molar-refractivity contribution is -0.129. The molecule has 3 rings (SSSR count). The van der Waals surface area contributed by atoms with Crippen molar-refractivity contribution < 1.29 is 4.79 Å². The number of hydrogen-bond donors (Lipinski definition) is 2. The van der Waals surface area contributed by atoms with E-state index in [-0.39, 0.29) is 24.0 Å². The molecule has 0 bridgehead atoms. The zero-order chi connectivity index (χ0) is 19.1. The van der Waals surface area contributed by atoms with Gasteiger partial charge in [-0.2, -0.15) is 0 Å². The SMILES string of the molecule is CCNC(=NCCC(CC)N1CCCC1=O)NC1CCN(C2CCCC2)C1.I. The highest BCUT2D eigenvalue weighted by Crippen LogP contribution is 2.26. The molecule has 7 heteroatoms. The maximum atomic E-state index is 12.0. The summed E-state index contributed by atoms with van der Waals surface area (Å²) in [5, 5.41) is 7.06. The average Bonchev–Trinajstić information content (AvgIpc) is 3.41. The highest BCUT2D eigenvalue weighted by molar-refractivity contribution is 14.0. The summed E-state index contributed by atoms with van der Waals surface area (Å²) < 4.78 is 0. The number of nitrogens with zero attached hydrogens (tertiary/aromatic N) is 3. The van der Waals surface area contributed by atoms with E-state index in [0.29, 0.717) is 18.0 Å². The van der Waals surface area contributed by atoms with E-state index in [1.54, 1.807) is 0 Å². The van der Waals surface area contributed by atoms with Crippen LogP contribution in [0.25, 0.3) is 0 Å². The van der Waals surface area contributed by atoms with Crippen molar-refractivity contribution in [3.8, 4) is 0 Å². The molecule has 162 valence electrons. The van der Waals surface area contributed by atoms with Gasteiger partial charge in [0.05, 0.1) is 0 Å². The van der Waals surface area contributed by atoms with Crippen LogP contribution in [0, 0.1) is 0 Å². The molecule has 2 aliphatic heterocycles. The number of nitrogens with one attached hydrogen (secondary N) is 2. The third kappa shape index (κ3) is 6.47. The first kappa shape index (κ1) is 23.7. The average molecular weight is 505 g/mol. The summed E-state index contributed by atoms with van der Waals surface area (Å²) in [6.45, 7) is 9.25. The van der Waals surface area contributed by atoms with Crippen LogP contribution in [0.4, 0.5) is 0 Å². The molecule has 28 heavy (non-hydrogen) atoms. The number of hydrogen-bond acceptors (Lipinski definition) is 3. The zero-order valence-electron chi connectivity index (χ0n) is 17.8. The van der Waals surface area contributed by atoms with Crippen LogP contribution in [0.15, 0.2) is 4.99 Å². The standard InChI is InChI=1S/C21H39N5O.HI/c1-3-18(26-14-7-10-20(26)27)11-13-23-21(22-4-2)24-17-12-15-25(16-17)19-8-5-6-9-19;/h17-19H,3-16H2,1-2H3,(H2,22,23,24);1H. The van der Waals surface area contributed by atoms with Gasteiger partial charge in [0.2, 0.25) is 5.91 Å². The maximum Gasteiger partial charge on any atom is 0.222 e. The van der Waals surface area contributed by atoms with Crippen molar-refractivity contribution in [1.82, 2.24) is 20.4 Å². The normalized spacial score (nSPS) is 25.2. The van der Waals surface area contributed by atoms with Gasteiger partial charge in [-0.3, -0.25) is 14.7 Å². The fraction of sp³-hybridized carbons (Fsp3) is 0.905. The fourth-order valence-electron chi connectivity index (χ4n) is 4.98. The first-order chi connectivity index (χ1) is 13.2. The van der Waals surface area contributed by atoms with Gasteiger partial charge in [-0.05, 0) is 45.4 Å². The minimum atomic E-state index is 0. The summed E-state index contributed by atoms with van der Waals surface area (Å²) in [5.41, 5.74) is 0. The summed E-state index contributed by atoms with van der Waals surface area (Å²) in [5.74, 6) is 1.27. The van der Waals surface area contributed by atoms with Gasteiger partial charge in [-0.1, -0.05) is 19.8 Å². The van der Waals surface area contributed by atoms with E-state index >= 15 is 0 Å². The van der Waals surface area contributed by atoms with E-state index < -0.39 is 0 Å². The van der Waals surface area contributed by atoms with Crippen LogP contribution >= 0.6 is 24.0 Å². The lowest BCUT2D eigenvalue weighted by atomic mass is 10.1. The molecule has 0 aromatic heterocycles. The minimum absolute atomic E-state index is 0. The zero-order valence-corrected chi connectivity index (χ0v) is 20.1. The molecule has 1 amide bonds. The predicted octanol–water partition coefficient (Wildman–Crippen LogP) is 2.97. The Morgan fingerprint density at radius 3 is 2.61 bits per heavy atom. The summed E-state index contributed by atoms with van der Waals surface area (Å²) in [7, 11) is 0. The number of carbonyl (C=O) groups excluding carboxylic acids is 1. The van der Waals surface area contributed by atoms with Crippen LogP contribution in [-0.4, -0.2) is 72.5 Å². The number of guanidine groups is 1. The molecule has 3 fully saturated rings. The second kappa shape index (κ2) is 12.2. The van der Waals surface area contributed by atoms with Crippen LogP contribution in [0.1, 0.15) is 71.6 Å². The van der Waals surface area contributed by atoms with E-state index in [1.807, 2.05) is 0 Å². The Kier molecular flexibility index (Phi) is 10.3. The highest BCUT2D eigenvalue weighted by Gasteiger charge is 2.30. The quantitative estimate of drug-likeness (QED) is 0.303. The molecule has 2 N–H and O–H groups in total. The maximum absolute atomic E-state index is 12.0. The van der Waals surface area contributed by atoms with Crippen molar-refractivity contribution in [1.29, 1.82) is 0 Å². The molecule has 2 heterocycles. The third-order valence-corrected chi connectivity index (χ3v) is 6.50. The Bertz CT molecular complexity index is 509. The molecule has 0 spiro atoms. The van der Waals surface area contributed by atoms with Gasteiger partial charge in [-0.25, -0.2) is 0 Å². The van der Waals surface area contributed by atoms with Crippen molar-refractivity contribution in [3.63, 3.8) is 0 Å². The summed E-state index contributed by atoms with van der Waals surface area (Å²) >= 11 is 0. The Balaban J connectivity index is 0.00000280. The van der Waals surface area contributed by atoms with Crippen molar-refractivity contribution in [3.05, 3.63) is 0 Å². The topological polar surface area (TPSA) is 60.0 Å². The van der Waals surface area contributed by atoms with Gasteiger partial charge in [0.15, 0.2) is 5.96 Å². The number of amides is 1. The largest absolute Gasteiger partial charge is 0.357 e. The Morgan fingerprint density at radius 2 is 1.96 bits per heavy atom. The lowest BCUT2D eigenvalue weighted by Crippen LogP contribution is -2.45. The van der Waals surface area contributed by atoms with E-state index in [0.717, 1.165) is 63.9 Å². The molecule has 1 aliphatic carbocycles. The lowest BCUT2D eigenvalue weighted by Gasteiger charge is -2.26. The Morgan fingerprint density at radius 1 is 1.18 bits per heavy atom. The van der Waals surface area contributed by atoms with Crippen molar-refractivity contribution >= 4 is 35.8 Å². The molecule has 2 atom stereocenters. The molecule has 6 nitrogen and oxygen atoms in total. The Labute approximate surface area is 188 Å². The van der Waals surface area contributed by atoms with Gasteiger partial charge in [-0.15, -0.1) is 24.0 Å². The van der Waals surface area contributed by atoms with E-state index in [1.165, 1.54) is 38.6 Å². The van der Waals surface area contributed by atoms with E-state index in [2.05, 4.69) is 34.3 Å². The number of aliphatic imine (C=N–C) groups is 1. The number of likely N-dealkylation sites (tertiary alicyclic amines) is 2. The number of carbonyl (C=O) groups is 1. The number of halogens is 1. The molecule has 0 radical (unpaired) electrons. The smallest absolute Gasteiger partial charge is 0.222 e. The van der Waals surface area contributed by atoms with Crippen LogP contribution in [0.2, 0.25) is 0 Å². The summed E-state index contributed by atoms with van der Waals surface area (Å²) in [4.78, 5) is 21.6. The predicted molar refractivity (Wildman–Crippen MR) is 126 cm³/mol. The number of rotatable bonds is 8. The van der Waals surface area contributed by atoms with Gasteiger partial charge in [0.25, 0.3) is 0 Å². The summed E-state index contributed by atoms with van der Waals surface area (Å²) in [6.07, 6.45) is 10.5. The summed E-state index contributed by atoms with van der Waals surface area (Å²) in [6, 6.07) is 1.67. The van der Waals surface area contributed by atoms with Gasteiger partial charge in [0, 0.05) is 57.3 Å². The monoisotopic (exact) mass is 505 g/mol. The molecule has 2 saturated heterocycles. The van der Waals surface area contributed by atoms with Crippen LogP contribution < -0.4 is 10.6 Å². The molecule has 0 aromatic carbocycles. The van der Waals surface area contributed by atoms with Crippen molar-refractivity contribution in [2.24, 2.45) is 4.99 Å². The van der Waals surface area contributed by atoms with Gasteiger partial charge in [0.1, 0.15) is 0 Å². The van der Waals surface area contributed by atoms with Crippen molar-refractivity contribution in [2.75, 3.05) is 32.7 Å². The van der Waals surface area contributed by atoms with E-state index in [9.17, 15) is 4.79 Å². The van der Waals surface area contributed by atoms with Crippen LogP contribution in [-0.2, 0) is 4.79 Å². The minimum Gasteiger partial charge on any atom is -0.357 e. The van der Waals surface area contributed by atoms with Gasteiger partial charge < -0.3 is 15.5 Å². The molecule has 3 aliphatic rings. The van der Waals surface area contributed by atoms with Crippen molar-refractivity contribution in [2.45, 2.75) is 89.8 Å². The molecule has 1 saturated carbocycles. The second-order valence-corrected chi connectivity index (χ2v) is 8.37. The first-order valence-electron chi connectivity index (χ1n) is 11.3. The molecular weight excluding hydrogens is 465 g/mol. The Hall–Kier alpha value is -0.570. The van der Waals surface area contributed by atoms with E-state index in [4.69, 9.17) is 4.99 Å². The highest BCUT2D eigenvalue weighted by atomic mass is 127. The van der Waals surface area contributed by atoms with Gasteiger partial charge >= 0.3 is 0 Å². The first-order valence-corrected chi connectivity index (χ1v) is 11.3. The van der Waals surface area contributed by atoms with Crippen LogP contribution in [0.5, 0.6) is 0 Å². The van der Waals surface area contributed by atoms with Crippen LogP contribution in [0.3, 0.4) is 0 Å². The third-order valence-electron chi connectivity index (χ3n) is 6.50. The molecule has 0 aromatic rings. The molecular formula is C21H40IN5O.